The number of hydrogen-bond donors (Lipinski definition) is 0. The topological polar surface area (TPSA) is 56.0 Å². The highest BCUT2D eigenvalue weighted by Gasteiger charge is 2.37. The molecule has 0 atom stereocenters. The Morgan fingerprint density at radius 2 is 1.87 bits per heavy atom. The van der Waals surface area contributed by atoms with E-state index in [1.165, 1.54) is 29.2 Å². The lowest BCUT2D eigenvalue weighted by Crippen LogP contribution is -2.12. The van der Waals surface area contributed by atoms with Gasteiger partial charge in [0.1, 0.15) is 5.03 Å². The monoisotopic (exact) mass is 353 g/mol. The van der Waals surface area contributed by atoms with Gasteiger partial charge in [0.25, 0.3) is 5.82 Å². The van der Waals surface area contributed by atoms with Crippen LogP contribution in [0.5, 0.6) is 0 Å². The lowest BCUT2D eigenvalue weighted by Gasteiger charge is -2.03. The third-order valence-electron chi connectivity index (χ3n) is 2.96. The van der Waals surface area contributed by atoms with Gasteiger partial charge in [0.15, 0.2) is 9.99 Å². The summed E-state index contributed by atoms with van der Waals surface area (Å²) in [5.74, 6) is -1.14. The molecule has 0 aliphatic heterocycles. The highest BCUT2D eigenvalue weighted by atomic mass is 32.2. The number of halogens is 3. The van der Waals surface area contributed by atoms with Crippen LogP contribution < -0.4 is 0 Å². The quantitative estimate of drug-likeness (QED) is 0.547. The fourth-order valence-electron chi connectivity index (χ4n) is 1.99. The van der Waals surface area contributed by atoms with E-state index in [0.29, 0.717) is 13.9 Å². The summed E-state index contributed by atoms with van der Waals surface area (Å²) < 4.78 is 41.0. The molecule has 0 aliphatic carbocycles. The van der Waals surface area contributed by atoms with Gasteiger partial charge in [-0.3, -0.25) is 0 Å². The van der Waals surface area contributed by atoms with Crippen LogP contribution in [-0.4, -0.2) is 24.8 Å². The summed E-state index contributed by atoms with van der Waals surface area (Å²) in [6.07, 6.45) is -4.61. The first-order valence-corrected chi connectivity index (χ1v) is 7.97. The van der Waals surface area contributed by atoms with Crippen LogP contribution in [0.4, 0.5) is 13.2 Å². The summed E-state index contributed by atoms with van der Waals surface area (Å²) >= 11 is 2.66. The zero-order valence-electron chi connectivity index (χ0n) is 11.2. The molecule has 10 heteroatoms. The fourth-order valence-corrected chi connectivity index (χ4v) is 3.96. The van der Waals surface area contributed by atoms with E-state index in [1.54, 1.807) is 6.07 Å². The predicted octanol–water partition coefficient (Wildman–Crippen LogP) is 3.90. The normalized spacial score (nSPS) is 12.3. The molecule has 0 bridgehead atoms. The van der Waals surface area contributed by atoms with Gasteiger partial charge in [-0.25, -0.2) is 4.98 Å². The van der Waals surface area contributed by atoms with E-state index in [-0.39, 0.29) is 5.65 Å². The van der Waals surface area contributed by atoms with Gasteiger partial charge in [-0.1, -0.05) is 12.1 Å². The molecule has 0 fully saturated rings. The molecule has 3 heterocycles. The van der Waals surface area contributed by atoms with Crippen LogP contribution in [0.2, 0.25) is 0 Å². The minimum atomic E-state index is -4.61. The maximum Gasteiger partial charge on any atom is 0.453 e. The summed E-state index contributed by atoms with van der Waals surface area (Å²) in [6.45, 7) is 0. The van der Waals surface area contributed by atoms with Crippen LogP contribution in [0.1, 0.15) is 5.82 Å². The van der Waals surface area contributed by atoms with Crippen molar-refractivity contribution in [1.29, 1.82) is 0 Å². The standard InChI is InChI=1S/C13H6F3N5S2/c14-13(15,16)11-19-18-9-5-6-10(20-21(9)11)23-12-17-7-3-1-2-4-8(7)22-12/h1-6H. The molecule has 4 aromatic rings. The van der Waals surface area contributed by atoms with Crippen LogP contribution in [0.25, 0.3) is 15.9 Å². The van der Waals surface area contributed by atoms with E-state index in [1.807, 2.05) is 24.3 Å². The van der Waals surface area contributed by atoms with Crippen LogP contribution in [0.15, 0.2) is 45.8 Å². The number of benzene rings is 1. The second-order valence-corrected chi connectivity index (χ2v) is 6.81. The van der Waals surface area contributed by atoms with Crippen molar-refractivity contribution < 1.29 is 13.2 Å². The zero-order chi connectivity index (χ0) is 16.0. The van der Waals surface area contributed by atoms with E-state index < -0.39 is 12.0 Å². The van der Waals surface area contributed by atoms with Gasteiger partial charge in [-0.15, -0.1) is 21.5 Å². The molecule has 3 aromatic heterocycles. The summed E-state index contributed by atoms with van der Waals surface area (Å²) in [7, 11) is 0. The lowest BCUT2D eigenvalue weighted by atomic mass is 10.3. The highest BCUT2D eigenvalue weighted by molar-refractivity contribution is 8.01. The molecule has 0 N–H and O–H groups in total. The van der Waals surface area contributed by atoms with Gasteiger partial charge in [-0.2, -0.15) is 22.8 Å². The molecule has 0 radical (unpaired) electrons. The van der Waals surface area contributed by atoms with Gasteiger partial charge < -0.3 is 0 Å². The van der Waals surface area contributed by atoms with E-state index >= 15 is 0 Å². The van der Waals surface area contributed by atoms with E-state index in [2.05, 4.69) is 20.3 Å². The number of hydrogen-bond acceptors (Lipinski definition) is 6. The molecule has 0 saturated carbocycles. The van der Waals surface area contributed by atoms with Gasteiger partial charge >= 0.3 is 6.18 Å². The number of nitrogens with zero attached hydrogens (tertiary/aromatic N) is 5. The van der Waals surface area contributed by atoms with Crippen molar-refractivity contribution in [2.75, 3.05) is 0 Å². The first-order valence-electron chi connectivity index (χ1n) is 6.34. The minimum absolute atomic E-state index is 0.0472. The highest BCUT2D eigenvalue weighted by Crippen LogP contribution is 2.34. The van der Waals surface area contributed by atoms with Crippen LogP contribution in [0, 0.1) is 0 Å². The summed E-state index contributed by atoms with van der Waals surface area (Å²) in [4.78, 5) is 4.43. The Bertz CT molecular complexity index is 975. The number of alkyl halides is 3. The maximum absolute atomic E-state index is 12.9. The Morgan fingerprint density at radius 1 is 1.04 bits per heavy atom. The van der Waals surface area contributed by atoms with E-state index in [9.17, 15) is 13.2 Å². The summed E-state index contributed by atoms with van der Waals surface area (Å²) in [6, 6.07) is 10.7. The van der Waals surface area contributed by atoms with Gasteiger partial charge in [-0.05, 0) is 36.0 Å². The van der Waals surface area contributed by atoms with E-state index in [4.69, 9.17) is 0 Å². The van der Waals surface area contributed by atoms with Gasteiger partial charge in [0.05, 0.1) is 10.2 Å². The summed E-state index contributed by atoms with van der Waals surface area (Å²) in [5, 5.41) is 11.0. The third kappa shape index (κ3) is 2.63. The third-order valence-corrected chi connectivity index (χ3v) is 4.98. The number of thiazole rings is 1. The largest absolute Gasteiger partial charge is 0.453 e. The Balaban J connectivity index is 1.74. The Kier molecular flexibility index (Phi) is 3.23. The molecule has 23 heavy (non-hydrogen) atoms. The number of fused-ring (bicyclic) bond motifs is 2. The Hall–Kier alpha value is -2.20. The first-order chi connectivity index (χ1) is 11.0. The molecule has 0 aliphatic rings. The number of para-hydroxylation sites is 1. The molecule has 0 saturated heterocycles. The SMILES string of the molecule is FC(F)(F)c1nnc2ccc(Sc3nc4ccccc4s3)nn12. The Labute approximate surface area is 135 Å². The van der Waals surface area contributed by atoms with Crippen molar-refractivity contribution in [2.24, 2.45) is 0 Å². The molecule has 116 valence electrons. The first kappa shape index (κ1) is 14.4. The minimum Gasteiger partial charge on any atom is -0.229 e. The molecular formula is C13H6F3N5S2. The van der Waals surface area contributed by atoms with Crippen molar-refractivity contribution in [3.63, 3.8) is 0 Å². The molecule has 1 aromatic carbocycles. The van der Waals surface area contributed by atoms with Crippen molar-refractivity contribution in [3.8, 4) is 0 Å². The van der Waals surface area contributed by atoms with E-state index in [0.717, 1.165) is 10.2 Å². The molecule has 0 amide bonds. The molecule has 5 nitrogen and oxygen atoms in total. The van der Waals surface area contributed by atoms with Crippen LogP contribution in [0.3, 0.4) is 0 Å². The van der Waals surface area contributed by atoms with Crippen LogP contribution >= 0.6 is 23.1 Å². The lowest BCUT2D eigenvalue weighted by molar-refractivity contribution is -0.146. The number of rotatable bonds is 2. The van der Waals surface area contributed by atoms with Crippen molar-refractivity contribution in [2.45, 2.75) is 15.5 Å². The van der Waals surface area contributed by atoms with Crippen molar-refractivity contribution in [1.82, 2.24) is 24.8 Å². The molecule has 0 unspecified atom stereocenters. The predicted molar refractivity (Wildman–Crippen MR) is 79.5 cm³/mol. The second kappa shape index (κ2) is 5.17. The Morgan fingerprint density at radius 3 is 2.65 bits per heavy atom. The van der Waals surface area contributed by atoms with Gasteiger partial charge in [0.2, 0.25) is 0 Å². The average Bonchev–Trinajstić information content (AvgIpc) is 3.09. The summed E-state index contributed by atoms with van der Waals surface area (Å²) in [5.41, 5.74) is 0.896. The second-order valence-electron chi connectivity index (χ2n) is 4.51. The smallest absolute Gasteiger partial charge is 0.229 e. The van der Waals surface area contributed by atoms with Crippen molar-refractivity contribution >= 4 is 39.0 Å². The maximum atomic E-state index is 12.9. The molecule has 4 rings (SSSR count). The van der Waals surface area contributed by atoms with Crippen LogP contribution in [-0.2, 0) is 6.18 Å². The van der Waals surface area contributed by atoms with Crippen molar-refractivity contribution in [3.05, 3.63) is 42.2 Å². The molecule has 0 spiro atoms. The zero-order valence-corrected chi connectivity index (χ0v) is 12.8. The number of aromatic nitrogens is 5. The van der Waals surface area contributed by atoms with Gasteiger partial charge in [0, 0.05) is 0 Å². The average molecular weight is 353 g/mol. The molecular weight excluding hydrogens is 347 g/mol. The fraction of sp³-hybridized carbons (Fsp3) is 0.0769.